The maximum absolute atomic E-state index is 11.1. The number of carbonyl (C=O) groups is 1. The second kappa shape index (κ2) is 6.27. The fourth-order valence-electron chi connectivity index (χ4n) is 1.38. The summed E-state index contributed by atoms with van der Waals surface area (Å²) in [5.74, 6) is 0. The van der Waals surface area contributed by atoms with Crippen LogP contribution in [0.2, 0.25) is 0 Å². The molecule has 0 aromatic rings. The summed E-state index contributed by atoms with van der Waals surface area (Å²) in [6.45, 7) is 4.34. The van der Waals surface area contributed by atoms with Crippen molar-refractivity contribution in [2.45, 2.75) is 32.6 Å². The second-order valence-electron chi connectivity index (χ2n) is 3.12. The number of ether oxygens (including phenoxy) is 1. The molecule has 0 unspecified atom stereocenters. The molecule has 0 saturated carbocycles. The zero-order valence-corrected chi connectivity index (χ0v) is 8.94. The summed E-state index contributed by atoms with van der Waals surface area (Å²) in [5, 5.41) is -0.163. The SMILES string of the molecule is CCOC(=O)SN1CCCCCC1. The Bertz CT molecular complexity index is 156. The highest BCUT2D eigenvalue weighted by Gasteiger charge is 2.14. The van der Waals surface area contributed by atoms with Crippen LogP contribution >= 0.6 is 11.9 Å². The molecule has 1 heterocycles. The van der Waals surface area contributed by atoms with Gasteiger partial charge < -0.3 is 4.74 Å². The van der Waals surface area contributed by atoms with Crippen molar-refractivity contribution >= 4 is 17.2 Å². The van der Waals surface area contributed by atoms with Gasteiger partial charge in [0.05, 0.1) is 6.61 Å². The molecule has 0 aromatic carbocycles. The van der Waals surface area contributed by atoms with Crippen LogP contribution in [0, 0.1) is 0 Å². The fourth-order valence-corrected chi connectivity index (χ4v) is 2.20. The summed E-state index contributed by atoms with van der Waals surface area (Å²) in [4.78, 5) is 11.1. The van der Waals surface area contributed by atoms with Crippen LogP contribution in [0.3, 0.4) is 0 Å². The molecule has 0 aromatic heterocycles. The Morgan fingerprint density at radius 1 is 1.31 bits per heavy atom. The second-order valence-corrected chi connectivity index (χ2v) is 4.15. The van der Waals surface area contributed by atoms with Gasteiger partial charge in [-0.15, -0.1) is 0 Å². The van der Waals surface area contributed by atoms with Gasteiger partial charge in [-0.3, -0.25) is 0 Å². The molecule has 1 rings (SSSR count). The van der Waals surface area contributed by atoms with Gasteiger partial charge in [0.1, 0.15) is 0 Å². The molecule has 0 amide bonds. The maximum atomic E-state index is 11.1. The van der Waals surface area contributed by atoms with Gasteiger partial charge in [0, 0.05) is 25.0 Å². The molecule has 76 valence electrons. The third-order valence-corrected chi connectivity index (χ3v) is 2.92. The van der Waals surface area contributed by atoms with Crippen LogP contribution in [0.25, 0.3) is 0 Å². The molecule has 1 fully saturated rings. The van der Waals surface area contributed by atoms with Gasteiger partial charge in [-0.25, -0.2) is 9.10 Å². The maximum Gasteiger partial charge on any atom is 0.382 e. The number of carbonyl (C=O) groups excluding carboxylic acids is 1. The monoisotopic (exact) mass is 203 g/mol. The van der Waals surface area contributed by atoms with E-state index in [9.17, 15) is 4.79 Å². The van der Waals surface area contributed by atoms with E-state index in [1.807, 2.05) is 6.92 Å². The summed E-state index contributed by atoms with van der Waals surface area (Å²) in [5.41, 5.74) is 0. The average molecular weight is 203 g/mol. The van der Waals surface area contributed by atoms with Gasteiger partial charge in [-0.05, 0) is 19.8 Å². The minimum Gasteiger partial charge on any atom is -0.457 e. The average Bonchev–Trinajstić information content (AvgIpc) is 2.33. The van der Waals surface area contributed by atoms with Crippen LogP contribution in [0.1, 0.15) is 32.6 Å². The van der Waals surface area contributed by atoms with Crippen molar-refractivity contribution in [3.8, 4) is 0 Å². The zero-order valence-electron chi connectivity index (χ0n) is 8.12. The first-order valence-corrected chi connectivity index (χ1v) is 5.70. The summed E-state index contributed by atoms with van der Waals surface area (Å²) in [7, 11) is 0. The minimum atomic E-state index is -0.163. The van der Waals surface area contributed by atoms with Crippen LogP contribution < -0.4 is 0 Å². The predicted octanol–water partition coefficient (Wildman–Crippen LogP) is 2.67. The number of hydrogen-bond donors (Lipinski definition) is 0. The van der Waals surface area contributed by atoms with Crippen LogP contribution in [0.4, 0.5) is 4.79 Å². The van der Waals surface area contributed by atoms with Gasteiger partial charge in [-0.1, -0.05) is 12.8 Å². The predicted molar refractivity (Wildman–Crippen MR) is 54.7 cm³/mol. The Morgan fingerprint density at radius 2 is 1.92 bits per heavy atom. The van der Waals surface area contributed by atoms with Gasteiger partial charge in [-0.2, -0.15) is 0 Å². The molecule has 3 nitrogen and oxygen atoms in total. The van der Waals surface area contributed by atoms with Gasteiger partial charge in [0.15, 0.2) is 0 Å². The highest BCUT2D eigenvalue weighted by atomic mass is 32.2. The quantitative estimate of drug-likeness (QED) is 0.510. The smallest absolute Gasteiger partial charge is 0.382 e. The van der Waals surface area contributed by atoms with E-state index in [4.69, 9.17) is 4.74 Å². The number of nitrogens with zero attached hydrogens (tertiary/aromatic N) is 1. The highest BCUT2D eigenvalue weighted by molar-refractivity contribution is 8.11. The zero-order chi connectivity index (χ0) is 9.52. The van der Waals surface area contributed by atoms with E-state index in [1.165, 1.54) is 37.6 Å². The summed E-state index contributed by atoms with van der Waals surface area (Å²) < 4.78 is 6.98. The lowest BCUT2D eigenvalue weighted by Gasteiger charge is -2.16. The van der Waals surface area contributed by atoms with Crippen LogP contribution in [0.5, 0.6) is 0 Å². The molecular weight excluding hydrogens is 186 g/mol. The van der Waals surface area contributed by atoms with Crippen molar-refractivity contribution in [2.75, 3.05) is 19.7 Å². The van der Waals surface area contributed by atoms with E-state index < -0.39 is 0 Å². The molecule has 1 aliphatic rings. The summed E-state index contributed by atoms with van der Waals surface area (Å²) in [6.07, 6.45) is 4.98. The first-order chi connectivity index (χ1) is 6.33. The van der Waals surface area contributed by atoms with E-state index in [0.29, 0.717) is 6.61 Å². The van der Waals surface area contributed by atoms with Crippen molar-refractivity contribution in [3.05, 3.63) is 0 Å². The molecule has 4 heteroatoms. The topological polar surface area (TPSA) is 29.5 Å². The van der Waals surface area contributed by atoms with Crippen molar-refractivity contribution in [3.63, 3.8) is 0 Å². The van der Waals surface area contributed by atoms with E-state index in [1.54, 1.807) is 0 Å². The third-order valence-electron chi connectivity index (χ3n) is 2.03. The molecule has 0 spiro atoms. The Kier molecular flexibility index (Phi) is 5.23. The molecule has 0 radical (unpaired) electrons. The minimum absolute atomic E-state index is 0.163. The van der Waals surface area contributed by atoms with E-state index in [0.717, 1.165) is 13.1 Å². The van der Waals surface area contributed by atoms with Crippen molar-refractivity contribution in [1.29, 1.82) is 0 Å². The fraction of sp³-hybridized carbons (Fsp3) is 0.889. The van der Waals surface area contributed by atoms with Crippen LogP contribution in [0.15, 0.2) is 0 Å². The van der Waals surface area contributed by atoms with E-state index >= 15 is 0 Å². The Morgan fingerprint density at radius 3 is 2.46 bits per heavy atom. The van der Waals surface area contributed by atoms with Gasteiger partial charge in [0.25, 0.3) is 0 Å². The normalized spacial score (nSPS) is 19.5. The third kappa shape index (κ3) is 4.52. The van der Waals surface area contributed by atoms with Crippen molar-refractivity contribution < 1.29 is 9.53 Å². The molecule has 13 heavy (non-hydrogen) atoms. The molecule has 0 aliphatic carbocycles. The first-order valence-electron chi connectivity index (χ1n) is 4.92. The molecule has 1 saturated heterocycles. The Balaban J connectivity index is 2.21. The van der Waals surface area contributed by atoms with Crippen LogP contribution in [-0.4, -0.2) is 29.3 Å². The van der Waals surface area contributed by atoms with Gasteiger partial charge in [0.2, 0.25) is 0 Å². The van der Waals surface area contributed by atoms with Gasteiger partial charge >= 0.3 is 5.30 Å². The highest BCUT2D eigenvalue weighted by Crippen LogP contribution is 2.19. The molecule has 1 aliphatic heterocycles. The molecule has 0 bridgehead atoms. The largest absolute Gasteiger partial charge is 0.457 e. The van der Waals surface area contributed by atoms with E-state index in [2.05, 4.69) is 4.31 Å². The number of rotatable bonds is 2. The summed E-state index contributed by atoms with van der Waals surface area (Å²) in [6, 6.07) is 0. The lowest BCUT2D eigenvalue weighted by atomic mass is 10.2. The Hall–Kier alpha value is -0.220. The summed E-state index contributed by atoms with van der Waals surface area (Å²) >= 11 is 1.23. The van der Waals surface area contributed by atoms with Crippen molar-refractivity contribution in [1.82, 2.24) is 4.31 Å². The lowest BCUT2D eigenvalue weighted by Crippen LogP contribution is -2.19. The Labute approximate surface area is 83.9 Å². The molecule has 0 atom stereocenters. The number of hydrogen-bond acceptors (Lipinski definition) is 4. The first kappa shape index (κ1) is 10.9. The van der Waals surface area contributed by atoms with Crippen molar-refractivity contribution in [2.24, 2.45) is 0 Å². The van der Waals surface area contributed by atoms with Crippen LogP contribution in [-0.2, 0) is 4.74 Å². The lowest BCUT2D eigenvalue weighted by molar-refractivity contribution is 0.180. The molecule has 0 N–H and O–H groups in total. The standard InChI is InChI=1S/C9H17NO2S/c1-2-12-9(11)13-10-7-5-3-4-6-8-10/h2-8H2,1H3. The molecular formula is C9H17NO2S. The van der Waals surface area contributed by atoms with E-state index in [-0.39, 0.29) is 5.30 Å².